The molecule has 0 unspecified atom stereocenters. The highest BCUT2D eigenvalue weighted by Crippen LogP contribution is 2.25. The van der Waals surface area contributed by atoms with Gasteiger partial charge in [-0.1, -0.05) is 30.3 Å². The average molecular weight is 292 g/mol. The van der Waals surface area contributed by atoms with Crippen LogP contribution in [-0.4, -0.2) is 13.0 Å². The van der Waals surface area contributed by atoms with E-state index in [9.17, 15) is 4.79 Å². The van der Waals surface area contributed by atoms with Crippen molar-refractivity contribution in [3.05, 3.63) is 66.2 Å². The second-order valence-electron chi connectivity index (χ2n) is 4.97. The second kappa shape index (κ2) is 5.77. The van der Waals surface area contributed by atoms with Gasteiger partial charge in [0.25, 0.3) is 5.91 Å². The van der Waals surface area contributed by atoms with E-state index in [1.165, 1.54) is 0 Å². The maximum absolute atomic E-state index is 12.4. The molecular formula is C18H16N2O2. The Kier molecular flexibility index (Phi) is 3.66. The Labute approximate surface area is 128 Å². The van der Waals surface area contributed by atoms with Gasteiger partial charge in [0.2, 0.25) is 0 Å². The normalized spacial score (nSPS) is 10.4. The average Bonchev–Trinajstić information content (AvgIpc) is 2.56. The van der Waals surface area contributed by atoms with E-state index < -0.39 is 0 Å². The van der Waals surface area contributed by atoms with Gasteiger partial charge in [-0.15, -0.1) is 0 Å². The molecule has 0 aliphatic rings. The van der Waals surface area contributed by atoms with E-state index in [0.29, 0.717) is 22.7 Å². The first-order chi connectivity index (χ1) is 10.7. The number of benzene rings is 3. The lowest BCUT2D eigenvalue weighted by molar-refractivity contribution is 0.102. The maximum atomic E-state index is 12.4. The fraction of sp³-hybridized carbons (Fsp3) is 0.0556. The summed E-state index contributed by atoms with van der Waals surface area (Å²) in [5, 5.41) is 4.95. The number of nitrogens with two attached hydrogens (primary N) is 1. The van der Waals surface area contributed by atoms with Crippen LogP contribution in [0.2, 0.25) is 0 Å². The number of rotatable bonds is 3. The van der Waals surface area contributed by atoms with Gasteiger partial charge in [0.1, 0.15) is 5.75 Å². The standard InChI is InChI=1S/C18H16N2O2/c1-22-15-8-9-17(16(19)11-15)20-18(21)14-7-6-12-4-2-3-5-13(12)10-14/h2-11H,19H2,1H3,(H,20,21). The molecule has 4 heteroatoms. The largest absolute Gasteiger partial charge is 0.497 e. The molecule has 0 aliphatic heterocycles. The molecule has 0 atom stereocenters. The van der Waals surface area contributed by atoms with Gasteiger partial charge in [0.15, 0.2) is 0 Å². The van der Waals surface area contributed by atoms with Gasteiger partial charge in [-0.05, 0) is 35.0 Å². The summed E-state index contributed by atoms with van der Waals surface area (Å²) in [6.45, 7) is 0. The predicted molar refractivity (Wildman–Crippen MR) is 89.3 cm³/mol. The van der Waals surface area contributed by atoms with Crippen molar-refractivity contribution >= 4 is 28.1 Å². The van der Waals surface area contributed by atoms with Crippen LogP contribution >= 0.6 is 0 Å². The molecule has 3 aromatic rings. The van der Waals surface area contributed by atoms with Crippen molar-refractivity contribution in [2.24, 2.45) is 0 Å². The molecule has 3 rings (SSSR count). The van der Waals surface area contributed by atoms with Crippen molar-refractivity contribution in [3.63, 3.8) is 0 Å². The molecule has 0 fully saturated rings. The molecule has 4 nitrogen and oxygen atoms in total. The van der Waals surface area contributed by atoms with Crippen LogP contribution in [0.25, 0.3) is 10.8 Å². The fourth-order valence-electron chi connectivity index (χ4n) is 2.31. The number of amides is 1. The summed E-state index contributed by atoms with van der Waals surface area (Å²) in [5.41, 5.74) is 7.55. The zero-order valence-electron chi connectivity index (χ0n) is 12.2. The van der Waals surface area contributed by atoms with Crippen molar-refractivity contribution in [2.75, 3.05) is 18.2 Å². The third-order valence-electron chi connectivity index (χ3n) is 3.52. The number of ether oxygens (including phenoxy) is 1. The molecule has 0 radical (unpaired) electrons. The first-order valence-electron chi connectivity index (χ1n) is 6.91. The summed E-state index contributed by atoms with van der Waals surface area (Å²) in [5.74, 6) is 0.462. The van der Waals surface area contributed by atoms with E-state index in [-0.39, 0.29) is 5.91 Å². The van der Waals surface area contributed by atoms with Gasteiger partial charge >= 0.3 is 0 Å². The number of nitrogens with one attached hydrogen (secondary N) is 1. The predicted octanol–water partition coefficient (Wildman–Crippen LogP) is 3.68. The van der Waals surface area contributed by atoms with Gasteiger partial charge in [-0.25, -0.2) is 0 Å². The molecule has 22 heavy (non-hydrogen) atoms. The van der Waals surface area contributed by atoms with Crippen LogP contribution in [0.15, 0.2) is 60.7 Å². The molecule has 0 saturated carbocycles. The molecule has 0 saturated heterocycles. The topological polar surface area (TPSA) is 64.3 Å². The van der Waals surface area contributed by atoms with Crippen LogP contribution < -0.4 is 15.8 Å². The van der Waals surface area contributed by atoms with E-state index in [1.54, 1.807) is 31.4 Å². The fourth-order valence-corrected chi connectivity index (χ4v) is 2.31. The van der Waals surface area contributed by atoms with Crippen molar-refractivity contribution in [1.29, 1.82) is 0 Å². The molecule has 0 heterocycles. The first-order valence-corrected chi connectivity index (χ1v) is 6.91. The Morgan fingerprint density at radius 3 is 2.50 bits per heavy atom. The number of carbonyl (C=O) groups excluding carboxylic acids is 1. The van der Waals surface area contributed by atoms with Gasteiger partial charge in [-0.2, -0.15) is 0 Å². The van der Waals surface area contributed by atoms with Gasteiger partial charge < -0.3 is 15.8 Å². The molecule has 0 aromatic heterocycles. The highest BCUT2D eigenvalue weighted by Gasteiger charge is 2.09. The SMILES string of the molecule is COc1ccc(NC(=O)c2ccc3ccccc3c2)c(N)c1. The van der Waals surface area contributed by atoms with Crippen molar-refractivity contribution in [3.8, 4) is 5.75 Å². The minimum absolute atomic E-state index is 0.192. The number of anilines is 2. The molecule has 110 valence electrons. The van der Waals surface area contributed by atoms with Crippen LogP contribution in [0, 0.1) is 0 Å². The van der Waals surface area contributed by atoms with Gasteiger partial charge in [0, 0.05) is 11.6 Å². The first kappa shape index (κ1) is 13.9. The molecule has 3 aromatic carbocycles. The Morgan fingerprint density at radius 2 is 1.77 bits per heavy atom. The summed E-state index contributed by atoms with van der Waals surface area (Å²) in [6, 6.07) is 18.7. The smallest absolute Gasteiger partial charge is 0.255 e. The van der Waals surface area contributed by atoms with Crippen LogP contribution in [0.3, 0.4) is 0 Å². The summed E-state index contributed by atoms with van der Waals surface area (Å²) in [7, 11) is 1.57. The zero-order valence-corrected chi connectivity index (χ0v) is 12.2. The Bertz CT molecular complexity index is 843. The highest BCUT2D eigenvalue weighted by molar-refractivity contribution is 6.07. The number of methoxy groups -OCH3 is 1. The van der Waals surface area contributed by atoms with Gasteiger partial charge in [-0.3, -0.25) is 4.79 Å². The minimum Gasteiger partial charge on any atom is -0.497 e. The number of nitrogen functional groups attached to an aromatic ring is 1. The lowest BCUT2D eigenvalue weighted by Crippen LogP contribution is -2.13. The molecule has 0 spiro atoms. The molecule has 3 N–H and O–H groups in total. The lowest BCUT2D eigenvalue weighted by atomic mass is 10.1. The zero-order chi connectivity index (χ0) is 15.5. The third kappa shape index (κ3) is 2.72. The quantitative estimate of drug-likeness (QED) is 0.724. The Balaban J connectivity index is 1.86. The van der Waals surface area contributed by atoms with E-state index in [2.05, 4.69) is 5.32 Å². The number of hydrogen-bond acceptors (Lipinski definition) is 3. The van der Waals surface area contributed by atoms with Crippen LogP contribution in [-0.2, 0) is 0 Å². The monoisotopic (exact) mass is 292 g/mol. The van der Waals surface area contributed by atoms with E-state index in [1.807, 2.05) is 36.4 Å². The lowest BCUT2D eigenvalue weighted by Gasteiger charge is -2.10. The number of fused-ring (bicyclic) bond motifs is 1. The van der Waals surface area contributed by atoms with E-state index in [4.69, 9.17) is 10.5 Å². The molecule has 0 aliphatic carbocycles. The Morgan fingerprint density at radius 1 is 1.00 bits per heavy atom. The van der Waals surface area contributed by atoms with Crippen molar-refractivity contribution < 1.29 is 9.53 Å². The van der Waals surface area contributed by atoms with E-state index >= 15 is 0 Å². The summed E-state index contributed by atoms with van der Waals surface area (Å²) < 4.78 is 5.10. The minimum atomic E-state index is -0.192. The second-order valence-corrected chi connectivity index (χ2v) is 4.97. The number of hydrogen-bond donors (Lipinski definition) is 2. The van der Waals surface area contributed by atoms with E-state index in [0.717, 1.165) is 10.8 Å². The summed E-state index contributed by atoms with van der Waals surface area (Å²) in [4.78, 5) is 12.4. The molecule has 0 bridgehead atoms. The van der Waals surface area contributed by atoms with Crippen LogP contribution in [0.5, 0.6) is 5.75 Å². The molecule has 1 amide bonds. The third-order valence-corrected chi connectivity index (χ3v) is 3.52. The van der Waals surface area contributed by atoms with Crippen LogP contribution in [0.4, 0.5) is 11.4 Å². The summed E-state index contributed by atoms with van der Waals surface area (Å²) >= 11 is 0. The maximum Gasteiger partial charge on any atom is 0.255 e. The van der Waals surface area contributed by atoms with Crippen LogP contribution in [0.1, 0.15) is 10.4 Å². The Hall–Kier alpha value is -3.01. The van der Waals surface area contributed by atoms with Gasteiger partial charge in [0.05, 0.1) is 18.5 Å². The highest BCUT2D eigenvalue weighted by atomic mass is 16.5. The number of carbonyl (C=O) groups is 1. The van der Waals surface area contributed by atoms with Crippen molar-refractivity contribution in [1.82, 2.24) is 0 Å². The summed E-state index contributed by atoms with van der Waals surface area (Å²) in [6.07, 6.45) is 0. The van der Waals surface area contributed by atoms with Crippen molar-refractivity contribution in [2.45, 2.75) is 0 Å². The molecular weight excluding hydrogens is 276 g/mol.